The van der Waals surface area contributed by atoms with E-state index in [-0.39, 0.29) is 11.7 Å². The van der Waals surface area contributed by atoms with Gasteiger partial charge in [0.25, 0.3) is 0 Å². The highest BCUT2D eigenvalue weighted by Gasteiger charge is 2.48. The fourth-order valence-electron chi connectivity index (χ4n) is 4.04. The third kappa shape index (κ3) is 3.73. The van der Waals surface area contributed by atoms with E-state index in [9.17, 15) is 4.79 Å². The Bertz CT molecular complexity index is 399. The molecule has 0 aromatic carbocycles. The van der Waals surface area contributed by atoms with Crippen LogP contribution in [0.2, 0.25) is 0 Å². The molecule has 0 aromatic heterocycles. The zero-order chi connectivity index (χ0) is 15.8. The van der Waals surface area contributed by atoms with Gasteiger partial charge in [0.1, 0.15) is 5.60 Å². The number of carbonyl (C=O) groups is 1. The quantitative estimate of drug-likeness (QED) is 0.741. The Morgan fingerprint density at radius 1 is 1.09 bits per heavy atom. The van der Waals surface area contributed by atoms with Gasteiger partial charge in [0, 0.05) is 43.7 Å². The SMILES string of the molecule is CC(C)(C)OC(=O)N1CCC2(CC1)CC(N1CCSCC1)C2. The minimum Gasteiger partial charge on any atom is -0.444 e. The highest BCUT2D eigenvalue weighted by Crippen LogP contribution is 2.51. The summed E-state index contributed by atoms with van der Waals surface area (Å²) >= 11 is 2.09. The molecule has 1 aliphatic carbocycles. The van der Waals surface area contributed by atoms with Gasteiger partial charge in [-0.3, -0.25) is 4.90 Å². The Morgan fingerprint density at radius 2 is 1.68 bits per heavy atom. The van der Waals surface area contributed by atoms with Crippen molar-refractivity contribution in [3.05, 3.63) is 0 Å². The Hall–Kier alpha value is -0.420. The molecular weight excluding hydrogens is 296 g/mol. The second-order valence-electron chi connectivity index (χ2n) is 8.18. The second kappa shape index (κ2) is 6.23. The fourth-order valence-corrected chi connectivity index (χ4v) is 4.97. The van der Waals surface area contributed by atoms with E-state index >= 15 is 0 Å². The Kier molecular flexibility index (Phi) is 4.66. The maximum atomic E-state index is 12.1. The van der Waals surface area contributed by atoms with Crippen molar-refractivity contribution in [3.8, 4) is 0 Å². The van der Waals surface area contributed by atoms with Crippen molar-refractivity contribution in [1.29, 1.82) is 0 Å². The maximum Gasteiger partial charge on any atom is 0.410 e. The molecule has 0 radical (unpaired) electrons. The number of rotatable bonds is 1. The molecule has 0 unspecified atom stereocenters. The van der Waals surface area contributed by atoms with E-state index in [1.807, 2.05) is 25.7 Å². The second-order valence-corrected chi connectivity index (χ2v) is 9.40. The van der Waals surface area contributed by atoms with Crippen LogP contribution >= 0.6 is 11.8 Å². The van der Waals surface area contributed by atoms with Gasteiger partial charge in [-0.05, 0) is 51.9 Å². The van der Waals surface area contributed by atoms with Gasteiger partial charge in [-0.2, -0.15) is 11.8 Å². The summed E-state index contributed by atoms with van der Waals surface area (Å²) in [4.78, 5) is 16.7. The number of piperidine rings is 1. The van der Waals surface area contributed by atoms with Gasteiger partial charge in [-0.1, -0.05) is 0 Å². The Balaban J connectivity index is 1.44. The molecule has 3 aliphatic rings. The average molecular weight is 327 g/mol. The van der Waals surface area contributed by atoms with Crippen molar-refractivity contribution >= 4 is 17.9 Å². The van der Waals surface area contributed by atoms with Crippen LogP contribution in [0.3, 0.4) is 0 Å². The van der Waals surface area contributed by atoms with Crippen molar-refractivity contribution < 1.29 is 9.53 Å². The van der Waals surface area contributed by atoms with Gasteiger partial charge >= 0.3 is 6.09 Å². The summed E-state index contributed by atoms with van der Waals surface area (Å²) in [5, 5.41) is 0. The molecule has 0 bridgehead atoms. The molecule has 2 saturated heterocycles. The molecule has 2 heterocycles. The maximum absolute atomic E-state index is 12.1. The number of likely N-dealkylation sites (tertiary alicyclic amines) is 1. The number of ether oxygens (including phenoxy) is 1. The van der Waals surface area contributed by atoms with E-state index < -0.39 is 0 Å². The zero-order valence-electron chi connectivity index (χ0n) is 14.3. The van der Waals surface area contributed by atoms with Gasteiger partial charge in [-0.15, -0.1) is 0 Å². The number of amides is 1. The summed E-state index contributed by atoms with van der Waals surface area (Å²) in [5.74, 6) is 2.60. The molecule has 4 nitrogen and oxygen atoms in total. The van der Waals surface area contributed by atoms with Gasteiger partial charge in [0.15, 0.2) is 0 Å². The molecule has 3 rings (SSSR count). The van der Waals surface area contributed by atoms with Crippen LogP contribution in [0.1, 0.15) is 46.5 Å². The Morgan fingerprint density at radius 3 is 2.23 bits per heavy atom. The lowest BCUT2D eigenvalue weighted by atomic mass is 9.60. The molecule has 0 aromatic rings. The highest BCUT2D eigenvalue weighted by atomic mass is 32.2. The lowest BCUT2D eigenvalue weighted by Gasteiger charge is -2.55. The van der Waals surface area contributed by atoms with Crippen LogP contribution in [0.25, 0.3) is 0 Å². The topological polar surface area (TPSA) is 32.8 Å². The van der Waals surface area contributed by atoms with E-state index in [0.717, 1.165) is 32.0 Å². The van der Waals surface area contributed by atoms with Crippen molar-refractivity contribution in [3.63, 3.8) is 0 Å². The first kappa shape index (κ1) is 16.4. The molecule has 0 N–H and O–H groups in total. The van der Waals surface area contributed by atoms with Gasteiger partial charge < -0.3 is 9.64 Å². The first-order chi connectivity index (χ1) is 10.4. The summed E-state index contributed by atoms with van der Waals surface area (Å²) in [6.07, 6.45) is 4.88. The van der Waals surface area contributed by atoms with Crippen LogP contribution < -0.4 is 0 Å². The molecule has 3 fully saturated rings. The van der Waals surface area contributed by atoms with Crippen LogP contribution in [-0.4, -0.2) is 65.2 Å². The van der Waals surface area contributed by atoms with Crippen molar-refractivity contribution in [2.75, 3.05) is 37.7 Å². The highest BCUT2D eigenvalue weighted by molar-refractivity contribution is 7.99. The molecule has 2 aliphatic heterocycles. The number of thioether (sulfide) groups is 1. The largest absolute Gasteiger partial charge is 0.444 e. The summed E-state index contributed by atoms with van der Waals surface area (Å²) in [7, 11) is 0. The third-order valence-electron chi connectivity index (χ3n) is 5.38. The number of hydrogen-bond donors (Lipinski definition) is 0. The monoisotopic (exact) mass is 326 g/mol. The minimum atomic E-state index is -0.389. The van der Waals surface area contributed by atoms with Crippen LogP contribution in [-0.2, 0) is 4.74 Å². The summed E-state index contributed by atoms with van der Waals surface area (Å²) in [6, 6.07) is 0.814. The normalized spacial score (nSPS) is 26.8. The van der Waals surface area contributed by atoms with Crippen LogP contribution in [0.4, 0.5) is 4.79 Å². The van der Waals surface area contributed by atoms with Gasteiger partial charge in [0.2, 0.25) is 0 Å². The molecule has 22 heavy (non-hydrogen) atoms. The fraction of sp³-hybridized carbons (Fsp3) is 0.941. The molecule has 5 heteroatoms. The molecule has 1 spiro atoms. The molecular formula is C17H30N2O2S. The number of hydrogen-bond acceptors (Lipinski definition) is 4. The number of carbonyl (C=O) groups excluding carboxylic acids is 1. The predicted octanol–water partition coefficient (Wildman–Crippen LogP) is 3.21. The van der Waals surface area contributed by atoms with E-state index in [0.29, 0.717) is 5.41 Å². The molecule has 0 atom stereocenters. The van der Waals surface area contributed by atoms with Gasteiger partial charge in [0.05, 0.1) is 0 Å². The van der Waals surface area contributed by atoms with Crippen molar-refractivity contribution in [2.24, 2.45) is 5.41 Å². The predicted molar refractivity (Wildman–Crippen MR) is 91.4 cm³/mol. The smallest absolute Gasteiger partial charge is 0.410 e. The van der Waals surface area contributed by atoms with E-state index in [2.05, 4.69) is 16.7 Å². The van der Waals surface area contributed by atoms with Gasteiger partial charge in [-0.25, -0.2) is 4.79 Å². The molecule has 1 saturated carbocycles. The third-order valence-corrected chi connectivity index (χ3v) is 6.32. The molecule has 1 amide bonds. The Labute approximate surface area is 138 Å². The van der Waals surface area contributed by atoms with E-state index in [4.69, 9.17) is 4.74 Å². The molecule has 126 valence electrons. The first-order valence-corrected chi connectivity index (χ1v) is 9.82. The zero-order valence-corrected chi connectivity index (χ0v) is 15.1. The first-order valence-electron chi connectivity index (χ1n) is 8.67. The minimum absolute atomic E-state index is 0.133. The van der Waals surface area contributed by atoms with E-state index in [1.54, 1.807) is 0 Å². The lowest BCUT2D eigenvalue weighted by molar-refractivity contribution is -0.0454. The van der Waals surface area contributed by atoms with Crippen molar-refractivity contribution in [1.82, 2.24) is 9.80 Å². The summed E-state index contributed by atoms with van der Waals surface area (Å²) in [6.45, 7) is 10.1. The summed E-state index contributed by atoms with van der Waals surface area (Å²) < 4.78 is 5.49. The summed E-state index contributed by atoms with van der Waals surface area (Å²) in [5.41, 5.74) is 0.133. The van der Waals surface area contributed by atoms with Crippen LogP contribution in [0.15, 0.2) is 0 Å². The lowest BCUT2D eigenvalue weighted by Crippen LogP contribution is -2.57. The average Bonchev–Trinajstić information content (AvgIpc) is 2.44. The van der Waals surface area contributed by atoms with Crippen LogP contribution in [0.5, 0.6) is 0 Å². The number of nitrogens with zero attached hydrogens (tertiary/aromatic N) is 2. The van der Waals surface area contributed by atoms with Crippen molar-refractivity contribution in [2.45, 2.75) is 58.1 Å². The van der Waals surface area contributed by atoms with E-state index in [1.165, 1.54) is 37.4 Å². The van der Waals surface area contributed by atoms with Crippen LogP contribution in [0, 0.1) is 5.41 Å². The standard InChI is InChI=1S/C17H30N2O2S/c1-16(2,3)21-15(20)19-6-4-17(5-7-19)12-14(13-17)18-8-10-22-11-9-18/h14H,4-13H2,1-3H3.